The Morgan fingerprint density at radius 2 is 1.06 bits per heavy atom. The molecule has 2 amide bonds. The normalized spacial score (nSPS) is 20.5. The Kier molecular flexibility index (Phi) is 6.34. The predicted octanol–water partition coefficient (Wildman–Crippen LogP) is 3.56. The molecule has 2 atom stereocenters. The monoisotopic (exact) mass is 450 g/mol. The van der Waals surface area contributed by atoms with Gasteiger partial charge in [-0.1, -0.05) is 60.7 Å². The van der Waals surface area contributed by atoms with E-state index in [-0.39, 0.29) is 0 Å². The number of amides is 2. The van der Waals surface area contributed by atoms with Gasteiger partial charge in [-0.2, -0.15) is 0 Å². The summed E-state index contributed by atoms with van der Waals surface area (Å²) in [6.45, 7) is 3.16. The first-order valence-corrected chi connectivity index (χ1v) is 11.8. The van der Waals surface area contributed by atoms with Gasteiger partial charge in [0.2, 0.25) is 11.8 Å². The van der Waals surface area contributed by atoms with Crippen molar-refractivity contribution >= 4 is 11.8 Å². The van der Waals surface area contributed by atoms with Gasteiger partial charge >= 0.3 is 0 Å². The maximum Gasteiger partial charge on any atom is 0.235 e. The Hall–Kier alpha value is -2.70. The van der Waals surface area contributed by atoms with Crippen molar-refractivity contribution in [2.75, 3.05) is 0 Å². The Morgan fingerprint density at radius 3 is 1.33 bits per heavy atom. The highest BCUT2D eigenvalue weighted by molar-refractivity contribution is 6.04. The lowest BCUT2D eigenvalue weighted by molar-refractivity contribution is -0.147. The third kappa shape index (κ3) is 4.55. The van der Waals surface area contributed by atoms with Gasteiger partial charge in [0.25, 0.3) is 0 Å². The second-order valence-electron chi connectivity index (χ2n) is 10.2. The van der Waals surface area contributed by atoms with Crippen LogP contribution in [0.15, 0.2) is 60.7 Å². The van der Waals surface area contributed by atoms with Crippen LogP contribution in [0.4, 0.5) is 0 Å². The molecule has 6 nitrogen and oxygen atoms in total. The molecule has 2 aromatic carbocycles. The number of nitrogens with one attached hydrogen (secondary N) is 2. The van der Waals surface area contributed by atoms with Crippen molar-refractivity contribution in [3.05, 3.63) is 71.8 Å². The lowest BCUT2D eigenvalue weighted by Gasteiger charge is -2.45. The average molecular weight is 451 g/mol. The molecule has 0 bridgehead atoms. The lowest BCUT2D eigenvalue weighted by atomic mass is 9.71. The van der Waals surface area contributed by atoms with Gasteiger partial charge < -0.3 is 20.8 Å². The highest BCUT2D eigenvalue weighted by Gasteiger charge is 2.49. The molecular weight excluding hydrogens is 416 g/mol. The summed E-state index contributed by atoms with van der Waals surface area (Å²) in [5.74, 6) is -0.914. The maximum absolute atomic E-state index is 13.4. The first-order valence-electron chi connectivity index (χ1n) is 11.8. The van der Waals surface area contributed by atoms with E-state index in [1.165, 1.54) is 0 Å². The Morgan fingerprint density at radius 1 is 0.727 bits per heavy atom. The zero-order valence-corrected chi connectivity index (χ0v) is 19.4. The summed E-state index contributed by atoms with van der Waals surface area (Å²) >= 11 is 0. The number of aliphatic hydroxyl groups is 2. The van der Waals surface area contributed by atoms with Gasteiger partial charge in [-0.25, -0.2) is 0 Å². The number of benzene rings is 2. The van der Waals surface area contributed by atoms with E-state index in [0.29, 0.717) is 25.7 Å². The fourth-order valence-electron chi connectivity index (χ4n) is 4.73. The van der Waals surface area contributed by atoms with Crippen LogP contribution in [0, 0.1) is 5.41 Å². The van der Waals surface area contributed by atoms with Gasteiger partial charge in [-0.15, -0.1) is 0 Å². The van der Waals surface area contributed by atoms with Crippen LogP contribution in [0.3, 0.4) is 0 Å². The van der Waals surface area contributed by atoms with Crippen LogP contribution >= 0.6 is 0 Å². The molecule has 6 heteroatoms. The fourth-order valence-corrected chi connectivity index (χ4v) is 4.73. The van der Waals surface area contributed by atoms with Crippen LogP contribution < -0.4 is 10.6 Å². The van der Waals surface area contributed by atoms with E-state index < -0.39 is 40.5 Å². The largest absolute Gasteiger partial charge is 0.387 e. The molecule has 0 aromatic heterocycles. The minimum atomic E-state index is -1.40. The van der Waals surface area contributed by atoms with Crippen molar-refractivity contribution in [2.24, 2.45) is 5.41 Å². The smallest absolute Gasteiger partial charge is 0.235 e. The van der Waals surface area contributed by atoms with Gasteiger partial charge in [0.1, 0.15) is 5.41 Å². The molecule has 0 heterocycles. The molecule has 2 saturated carbocycles. The third-order valence-corrected chi connectivity index (χ3v) is 7.47. The molecule has 0 spiro atoms. The van der Waals surface area contributed by atoms with E-state index in [1.807, 2.05) is 60.7 Å². The van der Waals surface area contributed by atoms with E-state index in [1.54, 1.807) is 13.8 Å². The van der Waals surface area contributed by atoms with Crippen LogP contribution in [0.1, 0.15) is 75.6 Å². The molecule has 2 aromatic rings. The second-order valence-corrected chi connectivity index (χ2v) is 10.2. The Labute approximate surface area is 195 Å². The van der Waals surface area contributed by atoms with Gasteiger partial charge in [-0.3, -0.25) is 9.59 Å². The summed E-state index contributed by atoms with van der Waals surface area (Å²) in [7, 11) is 0. The predicted molar refractivity (Wildman–Crippen MR) is 126 cm³/mol. The quantitative estimate of drug-likeness (QED) is 0.462. The number of hydrogen-bond acceptors (Lipinski definition) is 4. The van der Waals surface area contributed by atoms with Crippen molar-refractivity contribution in [1.82, 2.24) is 10.6 Å². The minimum Gasteiger partial charge on any atom is -0.387 e. The first-order chi connectivity index (χ1) is 15.7. The van der Waals surface area contributed by atoms with E-state index in [9.17, 15) is 19.8 Å². The molecule has 4 N–H and O–H groups in total. The Balaban J connectivity index is 1.53. The maximum atomic E-state index is 13.4. The lowest BCUT2D eigenvalue weighted by Crippen LogP contribution is -2.57. The van der Waals surface area contributed by atoms with E-state index in [4.69, 9.17) is 0 Å². The number of carbonyl (C=O) groups excluding carboxylic acids is 2. The molecule has 2 unspecified atom stereocenters. The fraction of sp³-hybridized carbons (Fsp3) is 0.481. The number of hydrogen-bond donors (Lipinski definition) is 4. The van der Waals surface area contributed by atoms with Crippen molar-refractivity contribution in [3.8, 4) is 0 Å². The molecule has 0 saturated heterocycles. The minimum absolute atomic E-state index is 0.457. The summed E-state index contributed by atoms with van der Waals surface area (Å²) < 4.78 is 0. The summed E-state index contributed by atoms with van der Waals surface area (Å²) in [5.41, 5.74) is -1.81. The SMILES string of the molecule is CC(C)(C(=O)NC(c1ccccc1)C1(O)CCC1)C(=O)NC(c1ccccc1)C1(O)CCC1. The van der Waals surface area contributed by atoms with E-state index >= 15 is 0 Å². The summed E-state index contributed by atoms with van der Waals surface area (Å²) in [6, 6.07) is 17.6. The Bertz CT molecular complexity index is 902. The van der Waals surface area contributed by atoms with Gasteiger partial charge in [0, 0.05) is 0 Å². The van der Waals surface area contributed by atoms with Gasteiger partial charge in [0.15, 0.2) is 0 Å². The molecular formula is C27H34N2O4. The zero-order chi connectivity index (χ0) is 23.7. The van der Waals surface area contributed by atoms with Gasteiger partial charge in [0.05, 0.1) is 23.3 Å². The molecule has 176 valence electrons. The molecule has 2 aliphatic rings. The summed E-state index contributed by atoms with van der Waals surface area (Å²) in [5, 5.41) is 28.1. The standard InChI is InChI=1S/C27H34N2O4/c1-25(2,23(30)28-21(26(32)15-9-16-26)19-11-5-3-6-12-19)24(31)29-22(27(33)17-10-18-27)20-13-7-4-8-14-20/h3-8,11-14,21-22,32-33H,9-10,15-18H2,1-2H3,(H,28,30)(H,29,31). The van der Waals surface area contributed by atoms with Gasteiger partial charge in [-0.05, 0) is 63.5 Å². The topological polar surface area (TPSA) is 98.7 Å². The van der Waals surface area contributed by atoms with E-state index in [0.717, 1.165) is 24.0 Å². The van der Waals surface area contributed by atoms with Crippen molar-refractivity contribution in [2.45, 2.75) is 75.7 Å². The van der Waals surface area contributed by atoms with Crippen molar-refractivity contribution < 1.29 is 19.8 Å². The number of rotatable bonds is 8. The summed E-state index contributed by atoms with van der Waals surface area (Å²) in [6.07, 6.45) is 4.20. The van der Waals surface area contributed by atoms with Crippen LogP contribution in [-0.2, 0) is 9.59 Å². The molecule has 0 aliphatic heterocycles. The first kappa shape index (κ1) is 23.5. The molecule has 2 fully saturated rings. The van der Waals surface area contributed by atoms with E-state index in [2.05, 4.69) is 10.6 Å². The van der Waals surface area contributed by atoms with Crippen LogP contribution in [0.5, 0.6) is 0 Å². The van der Waals surface area contributed by atoms with Crippen molar-refractivity contribution in [3.63, 3.8) is 0 Å². The zero-order valence-electron chi connectivity index (χ0n) is 19.4. The molecule has 33 heavy (non-hydrogen) atoms. The highest BCUT2D eigenvalue weighted by atomic mass is 16.3. The number of carbonyl (C=O) groups is 2. The van der Waals surface area contributed by atoms with Crippen molar-refractivity contribution in [1.29, 1.82) is 0 Å². The van der Waals surface area contributed by atoms with Crippen LogP contribution in [0.25, 0.3) is 0 Å². The highest BCUT2D eigenvalue weighted by Crippen LogP contribution is 2.44. The van der Waals surface area contributed by atoms with Crippen LogP contribution in [0.2, 0.25) is 0 Å². The summed E-state index contributed by atoms with van der Waals surface area (Å²) in [4.78, 5) is 26.8. The molecule has 4 rings (SSSR count). The second kappa shape index (κ2) is 8.92. The van der Waals surface area contributed by atoms with Crippen LogP contribution in [-0.4, -0.2) is 33.2 Å². The molecule has 0 radical (unpaired) electrons. The average Bonchev–Trinajstić information content (AvgIpc) is 2.78. The third-order valence-electron chi connectivity index (χ3n) is 7.47. The molecule has 2 aliphatic carbocycles.